The second-order valence-electron chi connectivity index (χ2n) is 4.68. The fourth-order valence-corrected chi connectivity index (χ4v) is 3.17. The Bertz CT molecular complexity index is 501. The van der Waals surface area contributed by atoms with Gasteiger partial charge in [-0.25, -0.2) is 0 Å². The zero-order valence-electron chi connectivity index (χ0n) is 10.9. The van der Waals surface area contributed by atoms with Crippen molar-refractivity contribution in [3.8, 4) is 0 Å². The molecule has 0 aliphatic rings. The molecule has 0 aliphatic heterocycles. The van der Waals surface area contributed by atoms with E-state index in [9.17, 15) is 5.11 Å². The fraction of sp³-hybridized carbons (Fsp3) is 0.333. The van der Waals surface area contributed by atoms with Gasteiger partial charge in [-0.1, -0.05) is 34.1 Å². The third-order valence-electron chi connectivity index (χ3n) is 3.02. The Morgan fingerprint density at radius 2 is 2.16 bits per heavy atom. The first-order valence-electron chi connectivity index (χ1n) is 6.29. The predicted molar refractivity (Wildman–Crippen MR) is 84.4 cm³/mol. The normalized spacial score (nSPS) is 12.8. The van der Waals surface area contributed by atoms with Crippen molar-refractivity contribution in [1.82, 2.24) is 4.90 Å². The molecule has 0 radical (unpaired) electrons. The number of aliphatic hydroxyl groups is 1. The second-order valence-corrected chi connectivity index (χ2v) is 6.62. The van der Waals surface area contributed by atoms with Crippen molar-refractivity contribution >= 4 is 27.3 Å². The van der Waals surface area contributed by atoms with Crippen LogP contribution >= 0.6 is 27.3 Å². The highest BCUT2D eigenvalue weighted by Crippen LogP contribution is 2.21. The number of halogens is 1. The van der Waals surface area contributed by atoms with E-state index < -0.39 is 6.10 Å². The average Bonchev–Trinajstić information content (AvgIpc) is 2.88. The summed E-state index contributed by atoms with van der Waals surface area (Å²) in [5, 5.41) is 12.3. The van der Waals surface area contributed by atoms with Gasteiger partial charge in [-0.15, -0.1) is 11.3 Å². The van der Waals surface area contributed by atoms with Gasteiger partial charge in [0.25, 0.3) is 0 Å². The van der Waals surface area contributed by atoms with Crippen molar-refractivity contribution in [3.05, 3.63) is 56.7 Å². The molecule has 0 aliphatic carbocycles. The summed E-state index contributed by atoms with van der Waals surface area (Å²) >= 11 is 5.20. The maximum atomic E-state index is 10.2. The number of aliphatic hydroxyl groups excluding tert-OH is 1. The quantitative estimate of drug-likeness (QED) is 0.857. The van der Waals surface area contributed by atoms with Crippen LogP contribution in [0.4, 0.5) is 0 Å². The van der Waals surface area contributed by atoms with Crippen LogP contribution in [0.25, 0.3) is 0 Å². The fourth-order valence-electron chi connectivity index (χ4n) is 1.97. The summed E-state index contributed by atoms with van der Waals surface area (Å²) in [7, 11) is 2.09. The zero-order chi connectivity index (χ0) is 13.7. The Hall–Kier alpha value is -0.680. The zero-order valence-corrected chi connectivity index (χ0v) is 13.3. The van der Waals surface area contributed by atoms with Crippen LogP contribution in [-0.4, -0.2) is 23.6 Å². The van der Waals surface area contributed by atoms with E-state index >= 15 is 0 Å². The summed E-state index contributed by atoms with van der Waals surface area (Å²) < 4.78 is 1.01. The lowest BCUT2D eigenvalue weighted by atomic mass is 10.1. The smallest absolute Gasteiger partial charge is 0.0802 e. The van der Waals surface area contributed by atoms with Gasteiger partial charge < -0.3 is 10.0 Å². The van der Waals surface area contributed by atoms with E-state index in [-0.39, 0.29) is 0 Å². The molecular weight excluding hydrogens is 322 g/mol. The van der Waals surface area contributed by atoms with Crippen LogP contribution in [0.5, 0.6) is 0 Å². The van der Waals surface area contributed by atoms with Crippen LogP contribution in [0.2, 0.25) is 0 Å². The molecule has 1 aromatic carbocycles. The highest BCUT2D eigenvalue weighted by Gasteiger charge is 2.09. The molecule has 1 unspecified atom stereocenters. The number of hydrogen-bond acceptors (Lipinski definition) is 3. The molecule has 0 amide bonds. The van der Waals surface area contributed by atoms with Gasteiger partial charge in [0.2, 0.25) is 0 Å². The van der Waals surface area contributed by atoms with Crippen LogP contribution in [0.3, 0.4) is 0 Å². The average molecular weight is 340 g/mol. The molecule has 102 valence electrons. The van der Waals surface area contributed by atoms with Gasteiger partial charge in [-0.2, -0.15) is 0 Å². The van der Waals surface area contributed by atoms with Gasteiger partial charge in [0, 0.05) is 22.4 Å². The highest BCUT2D eigenvalue weighted by molar-refractivity contribution is 9.10. The number of hydrogen-bond donors (Lipinski definition) is 1. The van der Waals surface area contributed by atoms with E-state index in [1.54, 1.807) is 11.3 Å². The Morgan fingerprint density at radius 3 is 2.84 bits per heavy atom. The predicted octanol–water partition coefficient (Wildman–Crippen LogP) is 4.07. The lowest BCUT2D eigenvalue weighted by molar-refractivity contribution is 0.148. The van der Waals surface area contributed by atoms with E-state index in [2.05, 4.69) is 45.4 Å². The first-order chi connectivity index (χ1) is 9.15. The lowest BCUT2D eigenvalue weighted by Gasteiger charge is -2.18. The maximum Gasteiger partial charge on any atom is 0.0802 e. The third kappa shape index (κ3) is 4.73. The highest BCUT2D eigenvalue weighted by atomic mass is 79.9. The summed E-state index contributed by atoms with van der Waals surface area (Å²) in [5.41, 5.74) is 0.971. The summed E-state index contributed by atoms with van der Waals surface area (Å²) in [6, 6.07) is 12.1. The van der Waals surface area contributed by atoms with Crippen molar-refractivity contribution in [3.63, 3.8) is 0 Å². The molecule has 0 bridgehead atoms. The molecule has 19 heavy (non-hydrogen) atoms. The summed E-state index contributed by atoms with van der Waals surface area (Å²) in [6.45, 7) is 1.83. The van der Waals surface area contributed by atoms with Gasteiger partial charge in [0.15, 0.2) is 0 Å². The van der Waals surface area contributed by atoms with Crippen LogP contribution in [0.1, 0.15) is 23.0 Å². The van der Waals surface area contributed by atoms with Crippen molar-refractivity contribution in [2.75, 3.05) is 13.6 Å². The van der Waals surface area contributed by atoms with Gasteiger partial charge in [0.05, 0.1) is 6.10 Å². The molecule has 0 saturated heterocycles. The molecule has 2 rings (SSSR count). The molecule has 1 heterocycles. The van der Waals surface area contributed by atoms with Gasteiger partial charge in [-0.3, -0.25) is 0 Å². The topological polar surface area (TPSA) is 23.5 Å². The molecule has 0 fully saturated rings. The molecule has 0 spiro atoms. The molecule has 1 aromatic heterocycles. The molecule has 0 saturated carbocycles. The number of rotatable bonds is 6. The van der Waals surface area contributed by atoms with Crippen LogP contribution in [0.15, 0.2) is 46.3 Å². The first-order valence-corrected chi connectivity index (χ1v) is 7.97. The number of thiophene rings is 1. The Balaban J connectivity index is 1.81. The standard InChI is InChI=1S/C15H18BrNOS/c1-17(11-14-6-3-9-19-14)8-7-15(18)12-4-2-5-13(16)10-12/h2-6,9-10,15,18H,7-8,11H2,1H3. The number of benzene rings is 1. The van der Waals surface area contributed by atoms with E-state index in [0.717, 1.165) is 29.5 Å². The van der Waals surface area contributed by atoms with Gasteiger partial charge in [-0.05, 0) is 42.6 Å². The Labute approximate surface area is 126 Å². The van der Waals surface area contributed by atoms with Crippen LogP contribution < -0.4 is 0 Å². The minimum absolute atomic E-state index is 0.400. The summed E-state index contributed by atoms with van der Waals surface area (Å²) in [6.07, 6.45) is 0.349. The van der Waals surface area contributed by atoms with Gasteiger partial charge in [0.1, 0.15) is 0 Å². The largest absolute Gasteiger partial charge is 0.388 e. The van der Waals surface area contributed by atoms with Crippen LogP contribution in [-0.2, 0) is 6.54 Å². The van der Waals surface area contributed by atoms with E-state index in [1.165, 1.54) is 4.88 Å². The minimum atomic E-state index is -0.400. The SMILES string of the molecule is CN(CCC(O)c1cccc(Br)c1)Cc1cccs1. The Kier molecular flexibility index (Phi) is 5.58. The van der Waals surface area contributed by atoms with Crippen molar-refractivity contribution in [1.29, 1.82) is 0 Å². The van der Waals surface area contributed by atoms with Crippen molar-refractivity contribution in [2.45, 2.75) is 19.1 Å². The Morgan fingerprint density at radius 1 is 1.32 bits per heavy atom. The number of nitrogens with zero attached hydrogens (tertiary/aromatic N) is 1. The monoisotopic (exact) mass is 339 g/mol. The van der Waals surface area contributed by atoms with E-state index in [1.807, 2.05) is 24.3 Å². The first kappa shape index (κ1) is 14.7. The second kappa shape index (κ2) is 7.20. The molecule has 2 aromatic rings. The maximum absolute atomic E-state index is 10.2. The third-order valence-corrected chi connectivity index (χ3v) is 4.38. The molecule has 1 N–H and O–H groups in total. The molecule has 1 atom stereocenters. The van der Waals surface area contributed by atoms with Crippen LogP contribution in [0, 0.1) is 0 Å². The minimum Gasteiger partial charge on any atom is -0.388 e. The lowest BCUT2D eigenvalue weighted by Crippen LogP contribution is -2.20. The van der Waals surface area contributed by atoms with Crippen molar-refractivity contribution < 1.29 is 5.11 Å². The van der Waals surface area contributed by atoms with Gasteiger partial charge >= 0.3 is 0 Å². The molecular formula is C15H18BrNOS. The molecule has 4 heteroatoms. The molecule has 2 nitrogen and oxygen atoms in total. The van der Waals surface area contributed by atoms with Crippen molar-refractivity contribution in [2.24, 2.45) is 0 Å². The van der Waals surface area contributed by atoms with E-state index in [0.29, 0.717) is 0 Å². The summed E-state index contributed by atoms with van der Waals surface area (Å²) in [5.74, 6) is 0. The van der Waals surface area contributed by atoms with E-state index in [4.69, 9.17) is 0 Å². The summed E-state index contributed by atoms with van der Waals surface area (Å²) in [4.78, 5) is 3.60.